The average Bonchev–Trinajstić information content (AvgIpc) is 2.34. The zero-order valence-electron chi connectivity index (χ0n) is 10.7. The zero-order valence-corrected chi connectivity index (χ0v) is 11.4. The van der Waals surface area contributed by atoms with E-state index in [1.54, 1.807) is 24.3 Å². The number of hydrogen-bond acceptors (Lipinski definition) is 3. The Morgan fingerprint density at radius 2 is 1.68 bits per heavy atom. The second-order valence-corrected chi connectivity index (χ2v) is 5.57. The third kappa shape index (κ3) is 3.29. The van der Waals surface area contributed by atoms with Crippen LogP contribution in [-0.4, -0.2) is 17.3 Å². The molecule has 3 nitrogen and oxygen atoms in total. The van der Waals surface area contributed by atoms with Crippen LogP contribution in [0.4, 0.5) is 0 Å². The monoisotopic (exact) mass is 278 g/mol. The summed E-state index contributed by atoms with van der Waals surface area (Å²) < 4.78 is 0. The van der Waals surface area contributed by atoms with Crippen molar-refractivity contribution in [1.29, 1.82) is 0 Å². The maximum absolute atomic E-state index is 12.0. The molecule has 0 atom stereocenters. The van der Waals surface area contributed by atoms with Gasteiger partial charge in [-0.25, -0.2) is 0 Å². The quantitative estimate of drug-likeness (QED) is 0.631. The van der Waals surface area contributed by atoms with Gasteiger partial charge in [0.25, 0.3) is 0 Å². The summed E-state index contributed by atoms with van der Waals surface area (Å²) in [5.74, 6) is -1.05. The molecule has 1 aliphatic rings. The second kappa shape index (κ2) is 5.66. The van der Waals surface area contributed by atoms with Crippen LogP contribution >= 0.6 is 11.6 Å². The van der Waals surface area contributed by atoms with E-state index in [-0.39, 0.29) is 29.7 Å². The molecule has 19 heavy (non-hydrogen) atoms. The summed E-state index contributed by atoms with van der Waals surface area (Å²) >= 11 is 5.75. The maximum atomic E-state index is 12.0. The summed E-state index contributed by atoms with van der Waals surface area (Å²) in [4.78, 5) is 35.7. The highest BCUT2D eigenvalue weighted by Crippen LogP contribution is 2.26. The van der Waals surface area contributed by atoms with Crippen LogP contribution in [0.25, 0.3) is 0 Å². The molecule has 0 aliphatic heterocycles. The molecular weight excluding hydrogens is 264 g/mol. The van der Waals surface area contributed by atoms with Gasteiger partial charge in [0.15, 0.2) is 5.78 Å². The lowest BCUT2D eigenvalue weighted by molar-refractivity contribution is -0.137. The highest BCUT2D eigenvalue weighted by atomic mass is 35.5. The Kier molecular flexibility index (Phi) is 4.15. The molecule has 0 heterocycles. The van der Waals surface area contributed by atoms with Crippen LogP contribution in [0.3, 0.4) is 0 Å². The van der Waals surface area contributed by atoms with E-state index in [0.717, 1.165) is 0 Å². The molecule has 1 saturated carbocycles. The van der Waals surface area contributed by atoms with E-state index >= 15 is 0 Å². The predicted octanol–water partition coefficient (Wildman–Crippen LogP) is 3.10. The molecule has 1 fully saturated rings. The third-order valence-electron chi connectivity index (χ3n) is 3.43. The topological polar surface area (TPSA) is 51.2 Å². The van der Waals surface area contributed by atoms with Crippen molar-refractivity contribution in [3.63, 3.8) is 0 Å². The lowest BCUT2D eigenvalue weighted by Gasteiger charge is -2.23. The van der Waals surface area contributed by atoms with Crippen LogP contribution in [0, 0.1) is 11.8 Å². The number of ketones is 3. The first-order valence-corrected chi connectivity index (χ1v) is 6.69. The number of Topliss-reactive ketones (excluding diaryl/α,β-unsaturated/α-hetero) is 3. The molecule has 0 aromatic heterocycles. The predicted molar refractivity (Wildman–Crippen MR) is 72.3 cm³/mol. The van der Waals surface area contributed by atoms with Gasteiger partial charge in [-0.2, -0.15) is 0 Å². The zero-order chi connectivity index (χ0) is 14.0. The van der Waals surface area contributed by atoms with Crippen molar-refractivity contribution in [2.24, 2.45) is 11.8 Å². The molecule has 100 valence electrons. The molecular formula is C15H15ClO3. The van der Waals surface area contributed by atoms with E-state index in [9.17, 15) is 14.4 Å². The van der Waals surface area contributed by atoms with E-state index in [1.165, 1.54) is 0 Å². The Bertz CT molecular complexity index is 501. The molecule has 2 rings (SSSR count). The summed E-state index contributed by atoms with van der Waals surface area (Å²) in [5, 5.41) is 0.551. The highest BCUT2D eigenvalue weighted by molar-refractivity contribution is 6.30. The maximum Gasteiger partial charge on any atom is 0.164 e. The van der Waals surface area contributed by atoms with E-state index in [4.69, 9.17) is 11.6 Å². The van der Waals surface area contributed by atoms with E-state index in [2.05, 4.69) is 0 Å². The smallest absolute Gasteiger partial charge is 0.164 e. The average molecular weight is 279 g/mol. The molecule has 0 unspecified atom stereocenters. The van der Waals surface area contributed by atoms with Gasteiger partial charge in [0.05, 0.1) is 5.92 Å². The number of benzene rings is 1. The van der Waals surface area contributed by atoms with Crippen molar-refractivity contribution in [2.75, 3.05) is 0 Å². The van der Waals surface area contributed by atoms with E-state index in [1.807, 2.05) is 6.92 Å². The first kappa shape index (κ1) is 13.9. The summed E-state index contributed by atoms with van der Waals surface area (Å²) in [5.41, 5.74) is 0.489. The summed E-state index contributed by atoms with van der Waals surface area (Å²) in [6, 6.07) is 6.49. The molecule has 0 radical (unpaired) electrons. The number of carbonyl (C=O) groups is 3. The Morgan fingerprint density at radius 1 is 1.16 bits per heavy atom. The van der Waals surface area contributed by atoms with Gasteiger partial charge in [0, 0.05) is 29.8 Å². The molecule has 0 amide bonds. The molecule has 0 N–H and O–H groups in total. The van der Waals surface area contributed by atoms with Crippen molar-refractivity contribution in [3.05, 3.63) is 34.9 Å². The number of hydrogen-bond donors (Lipinski definition) is 0. The van der Waals surface area contributed by atoms with Gasteiger partial charge in [-0.15, -0.1) is 0 Å². The van der Waals surface area contributed by atoms with Gasteiger partial charge in [0.2, 0.25) is 0 Å². The molecule has 4 heteroatoms. The van der Waals surface area contributed by atoms with Crippen LogP contribution in [0.2, 0.25) is 5.02 Å². The van der Waals surface area contributed by atoms with Crippen LogP contribution in [0.15, 0.2) is 24.3 Å². The van der Waals surface area contributed by atoms with E-state index < -0.39 is 5.92 Å². The normalized spacial score (nSPS) is 23.5. The third-order valence-corrected chi connectivity index (χ3v) is 3.68. The summed E-state index contributed by atoms with van der Waals surface area (Å²) in [7, 11) is 0. The first-order valence-electron chi connectivity index (χ1n) is 6.31. The number of carbonyl (C=O) groups excluding carboxylic acids is 3. The second-order valence-electron chi connectivity index (χ2n) is 5.13. The van der Waals surface area contributed by atoms with Gasteiger partial charge in [0.1, 0.15) is 11.6 Å². The van der Waals surface area contributed by atoms with Gasteiger partial charge in [-0.3, -0.25) is 14.4 Å². The Hall–Kier alpha value is -1.48. The molecule has 1 aliphatic carbocycles. The minimum Gasteiger partial charge on any atom is -0.299 e. The van der Waals surface area contributed by atoms with E-state index in [0.29, 0.717) is 23.4 Å². The van der Waals surface area contributed by atoms with Crippen molar-refractivity contribution < 1.29 is 14.4 Å². The summed E-state index contributed by atoms with van der Waals surface area (Å²) in [6.07, 6.45) is 0.765. The standard InChI is InChI=1S/C15H15ClO3/c1-9-6-14(18)12(15(19)7-9)8-13(17)10-2-4-11(16)5-3-10/h2-5,9,12H,6-8H2,1H3. The largest absolute Gasteiger partial charge is 0.299 e. The van der Waals surface area contributed by atoms with Crippen LogP contribution in [-0.2, 0) is 9.59 Å². The van der Waals surface area contributed by atoms with Crippen molar-refractivity contribution in [1.82, 2.24) is 0 Å². The van der Waals surface area contributed by atoms with Gasteiger partial charge < -0.3 is 0 Å². The fourth-order valence-electron chi connectivity index (χ4n) is 2.39. The molecule has 0 bridgehead atoms. The SMILES string of the molecule is CC1CC(=O)C(CC(=O)c2ccc(Cl)cc2)C(=O)C1. The molecule has 1 aromatic carbocycles. The minimum absolute atomic E-state index is 0.0218. The molecule has 0 saturated heterocycles. The number of halogens is 1. The van der Waals surface area contributed by atoms with Crippen molar-refractivity contribution in [3.8, 4) is 0 Å². The Balaban J connectivity index is 2.08. The molecule has 1 aromatic rings. The highest BCUT2D eigenvalue weighted by Gasteiger charge is 2.34. The number of rotatable bonds is 3. The minimum atomic E-state index is -0.751. The first-order chi connectivity index (χ1) is 8.97. The summed E-state index contributed by atoms with van der Waals surface area (Å²) in [6.45, 7) is 1.88. The fraction of sp³-hybridized carbons (Fsp3) is 0.400. The lowest BCUT2D eigenvalue weighted by atomic mass is 9.78. The van der Waals surface area contributed by atoms with Crippen molar-refractivity contribution in [2.45, 2.75) is 26.2 Å². The van der Waals surface area contributed by atoms with Gasteiger partial charge >= 0.3 is 0 Å². The Labute approximate surface area is 116 Å². The fourth-order valence-corrected chi connectivity index (χ4v) is 2.52. The van der Waals surface area contributed by atoms with Gasteiger partial charge in [-0.1, -0.05) is 18.5 Å². The van der Waals surface area contributed by atoms with Crippen molar-refractivity contribution >= 4 is 29.0 Å². The van der Waals surface area contributed by atoms with Gasteiger partial charge in [-0.05, 0) is 30.2 Å². The van der Waals surface area contributed by atoms with Crippen LogP contribution in [0.5, 0.6) is 0 Å². The lowest BCUT2D eigenvalue weighted by Crippen LogP contribution is -2.34. The molecule has 0 spiro atoms. The Morgan fingerprint density at radius 3 is 2.21 bits per heavy atom. The van der Waals surface area contributed by atoms with Crippen LogP contribution < -0.4 is 0 Å². The van der Waals surface area contributed by atoms with Crippen LogP contribution in [0.1, 0.15) is 36.5 Å².